The average molecular weight is 484 g/mol. The first kappa shape index (κ1) is 27.6. The van der Waals surface area contributed by atoms with Crippen molar-refractivity contribution in [1.82, 2.24) is 20.8 Å². The van der Waals surface area contributed by atoms with Crippen LogP contribution in [0.3, 0.4) is 0 Å². The number of aromatic nitrogens is 2. The van der Waals surface area contributed by atoms with Crippen LogP contribution in [-0.2, 0) is 32.9 Å². The summed E-state index contributed by atoms with van der Waals surface area (Å²) >= 11 is 0. The van der Waals surface area contributed by atoms with Crippen molar-refractivity contribution in [3.05, 3.63) is 33.1 Å². The molecule has 32 heavy (non-hydrogen) atoms. The largest absolute Gasteiger partial charge is 0.469 e. The van der Waals surface area contributed by atoms with Gasteiger partial charge in [0.2, 0.25) is 0 Å². The Morgan fingerprint density at radius 1 is 1.28 bits per heavy atom. The molecule has 182 valence electrons. The molecule has 0 spiro atoms. The third kappa shape index (κ3) is 6.78. The Morgan fingerprint density at radius 2 is 1.94 bits per heavy atom. The quantitative estimate of drug-likeness (QED) is 0.152. The smallest absolute Gasteiger partial charge is 0.403 e. The second-order valence-electron chi connectivity index (χ2n) is 6.36. The summed E-state index contributed by atoms with van der Waals surface area (Å²) in [7, 11) is -2.68. The molecule has 6 atom stereocenters. The Labute approximate surface area is 180 Å². The SMILES string of the molecule is COC(=O)C[C@H](NP(=O)(O)OC[C@H]1O[C@@H](n2ccc(=O)[nH]c2=O)[C@H](O)[C@@H]1O)C(=O)OC.N. The zero-order valence-electron chi connectivity index (χ0n) is 17.1. The Bertz CT molecular complexity index is 964. The number of hydrogen-bond acceptors (Lipinski definition) is 12. The number of H-pyrrole nitrogens is 1. The van der Waals surface area contributed by atoms with E-state index in [4.69, 9.17) is 9.26 Å². The molecule has 0 bridgehead atoms. The van der Waals surface area contributed by atoms with Gasteiger partial charge in [0.05, 0.1) is 27.2 Å². The highest BCUT2D eigenvalue weighted by Crippen LogP contribution is 2.40. The van der Waals surface area contributed by atoms with Crippen molar-refractivity contribution in [2.45, 2.75) is 37.0 Å². The monoisotopic (exact) mass is 484 g/mol. The molecule has 2 rings (SSSR count). The van der Waals surface area contributed by atoms with Gasteiger partial charge in [-0.1, -0.05) is 0 Å². The summed E-state index contributed by atoms with van der Waals surface area (Å²) in [6, 6.07) is -0.575. The molecule has 8 N–H and O–H groups in total. The van der Waals surface area contributed by atoms with Crippen LogP contribution in [0.4, 0.5) is 0 Å². The summed E-state index contributed by atoms with van der Waals surface area (Å²) in [5, 5.41) is 22.2. The first-order chi connectivity index (χ1) is 14.5. The summed E-state index contributed by atoms with van der Waals surface area (Å²) < 4.78 is 32.1. The molecule has 0 amide bonds. The predicted octanol–water partition coefficient (Wildman–Crippen LogP) is -2.87. The van der Waals surface area contributed by atoms with Crippen LogP contribution in [0, 0.1) is 0 Å². The first-order valence-corrected chi connectivity index (χ1v) is 10.3. The number of aliphatic hydroxyl groups excluding tert-OH is 2. The van der Waals surface area contributed by atoms with Crippen LogP contribution in [-0.4, -0.2) is 81.8 Å². The molecule has 1 aliphatic heterocycles. The third-order valence-electron chi connectivity index (χ3n) is 4.28. The van der Waals surface area contributed by atoms with Crippen LogP contribution >= 0.6 is 7.75 Å². The summed E-state index contributed by atoms with van der Waals surface area (Å²) in [6.45, 7) is -0.750. The lowest BCUT2D eigenvalue weighted by Gasteiger charge is -2.21. The number of rotatable bonds is 9. The molecule has 0 radical (unpaired) electrons. The second kappa shape index (κ2) is 11.4. The normalized spacial score (nSPS) is 25.3. The van der Waals surface area contributed by atoms with Gasteiger partial charge in [-0.3, -0.25) is 28.5 Å². The van der Waals surface area contributed by atoms with Gasteiger partial charge in [-0.25, -0.2) is 14.4 Å². The van der Waals surface area contributed by atoms with E-state index in [9.17, 15) is 38.8 Å². The molecule has 1 unspecified atom stereocenters. The number of nitrogens with one attached hydrogen (secondary N) is 2. The minimum absolute atomic E-state index is 0. The van der Waals surface area contributed by atoms with Crippen LogP contribution in [0.5, 0.6) is 0 Å². The minimum Gasteiger partial charge on any atom is -0.469 e. The molecule has 1 aromatic rings. The lowest BCUT2D eigenvalue weighted by atomic mass is 10.1. The van der Waals surface area contributed by atoms with Gasteiger partial charge in [-0.2, -0.15) is 0 Å². The molecule has 0 aromatic carbocycles. The van der Waals surface area contributed by atoms with Gasteiger partial charge in [-0.05, 0) is 0 Å². The van der Waals surface area contributed by atoms with Crippen molar-refractivity contribution >= 4 is 19.7 Å². The van der Waals surface area contributed by atoms with E-state index in [0.717, 1.165) is 31.0 Å². The number of aliphatic hydroxyl groups is 2. The third-order valence-corrected chi connectivity index (χ3v) is 5.42. The van der Waals surface area contributed by atoms with E-state index in [-0.39, 0.29) is 6.15 Å². The van der Waals surface area contributed by atoms with E-state index in [1.807, 2.05) is 10.1 Å². The van der Waals surface area contributed by atoms with Crippen molar-refractivity contribution in [3.8, 4) is 0 Å². The number of nitrogens with zero attached hydrogens (tertiary/aromatic N) is 1. The van der Waals surface area contributed by atoms with E-state index < -0.39 is 74.5 Å². The van der Waals surface area contributed by atoms with Crippen molar-refractivity contribution in [3.63, 3.8) is 0 Å². The van der Waals surface area contributed by atoms with Gasteiger partial charge in [0.25, 0.3) is 5.56 Å². The number of aromatic amines is 1. The minimum atomic E-state index is -4.74. The molecule has 16 nitrogen and oxygen atoms in total. The van der Waals surface area contributed by atoms with Crippen LogP contribution in [0.1, 0.15) is 12.6 Å². The van der Waals surface area contributed by atoms with Crippen LogP contribution in [0.15, 0.2) is 21.9 Å². The molecule has 2 heterocycles. The van der Waals surface area contributed by atoms with E-state index in [0.29, 0.717) is 0 Å². The van der Waals surface area contributed by atoms with Gasteiger partial charge in [-0.15, -0.1) is 0 Å². The fourth-order valence-corrected chi connectivity index (χ4v) is 3.72. The fourth-order valence-electron chi connectivity index (χ4n) is 2.71. The summed E-state index contributed by atoms with van der Waals surface area (Å²) in [5.41, 5.74) is -1.60. The van der Waals surface area contributed by atoms with Gasteiger partial charge < -0.3 is 35.5 Å². The molecular weight excluding hydrogens is 459 g/mol. The zero-order valence-corrected chi connectivity index (χ0v) is 18.0. The molecular formula is C15H25N4O12P. The molecule has 0 aliphatic carbocycles. The van der Waals surface area contributed by atoms with E-state index >= 15 is 0 Å². The number of methoxy groups -OCH3 is 2. The Morgan fingerprint density at radius 3 is 2.50 bits per heavy atom. The predicted molar refractivity (Wildman–Crippen MR) is 104 cm³/mol. The second-order valence-corrected chi connectivity index (χ2v) is 7.92. The number of ether oxygens (including phenoxy) is 3. The number of hydrogen-bond donors (Lipinski definition) is 6. The zero-order chi connectivity index (χ0) is 23.3. The van der Waals surface area contributed by atoms with E-state index in [1.165, 1.54) is 0 Å². The van der Waals surface area contributed by atoms with Gasteiger partial charge in [0, 0.05) is 12.3 Å². The average Bonchev–Trinajstić information content (AvgIpc) is 2.99. The van der Waals surface area contributed by atoms with Crippen LogP contribution in [0.2, 0.25) is 0 Å². The molecule has 1 fully saturated rings. The lowest BCUT2D eigenvalue weighted by Crippen LogP contribution is -2.39. The first-order valence-electron chi connectivity index (χ1n) is 8.72. The summed E-state index contributed by atoms with van der Waals surface area (Å²) in [6.07, 6.45) is -5.63. The number of esters is 2. The van der Waals surface area contributed by atoms with E-state index in [2.05, 4.69) is 9.47 Å². The Kier molecular flexibility index (Phi) is 9.87. The highest BCUT2D eigenvalue weighted by Gasteiger charge is 2.45. The highest BCUT2D eigenvalue weighted by atomic mass is 31.2. The fraction of sp³-hybridized carbons (Fsp3) is 0.600. The van der Waals surface area contributed by atoms with Crippen molar-refractivity contribution in [2.24, 2.45) is 0 Å². The van der Waals surface area contributed by atoms with Crippen LogP contribution < -0.4 is 22.5 Å². The van der Waals surface area contributed by atoms with Gasteiger partial charge in [0.15, 0.2) is 6.23 Å². The van der Waals surface area contributed by atoms with Crippen molar-refractivity contribution < 1.29 is 48.0 Å². The Hall–Kier alpha value is -2.43. The van der Waals surface area contributed by atoms with Crippen LogP contribution in [0.25, 0.3) is 0 Å². The van der Waals surface area contributed by atoms with Crippen molar-refractivity contribution in [1.29, 1.82) is 0 Å². The summed E-state index contributed by atoms with van der Waals surface area (Å²) in [5.74, 6) is -1.90. The van der Waals surface area contributed by atoms with E-state index in [1.54, 1.807) is 0 Å². The molecule has 1 aromatic heterocycles. The van der Waals surface area contributed by atoms with Gasteiger partial charge in [0.1, 0.15) is 24.4 Å². The number of carbonyl (C=O) groups is 2. The molecule has 17 heteroatoms. The molecule has 1 saturated heterocycles. The van der Waals surface area contributed by atoms with Gasteiger partial charge >= 0.3 is 25.4 Å². The molecule has 0 saturated carbocycles. The molecule has 1 aliphatic rings. The maximum atomic E-state index is 12.3. The number of carbonyl (C=O) groups excluding carboxylic acids is 2. The summed E-state index contributed by atoms with van der Waals surface area (Å²) in [4.78, 5) is 58.0. The maximum Gasteiger partial charge on any atom is 0.403 e. The maximum absolute atomic E-state index is 12.3. The highest BCUT2D eigenvalue weighted by molar-refractivity contribution is 7.50. The van der Waals surface area contributed by atoms with Crippen molar-refractivity contribution in [2.75, 3.05) is 20.8 Å². The topological polar surface area (TPSA) is 251 Å². The lowest BCUT2D eigenvalue weighted by molar-refractivity contribution is -0.149. The standard InChI is InChI=1S/C15H22N3O12P.H3N/c1-27-10(20)5-7(14(23)28-2)17-31(25,26)29-6-8-11(21)12(22)13(30-8)18-4-3-9(19)16-15(18)24;/h3-4,7-8,11-13,21-22H,5-6H2,1-2H3,(H,16,19,24)(H2,17,25,26);1H3/t7-,8+,11+,12+,13+;/m0./s1. The Balaban J connectivity index is 0.00000512.